The predicted molar refractivity (Wildman–Crippen MR) is 81.2 cm³/mol. The highest BCUT2D eigenvalue weighted by Crippen LogP contribution is 2.31. The van der Waals surface area contributed by atoms with Crippen molar-refractivity contribution in [3.63, 3.8) is 0 Å². The van der Waals surface area contributed by atoms with Gasteiger partial charge >= 0.3 is 6.18 Å². The summed E-state index contributed by atoms with van der Waals surface area (Å²) in [4.78, 5) is 0. The molecule has 23 heavy (non-hydrogen) atoms. The number of nitrogens with one attached hydrogen (secondary N) is 1. The van der Waals surface area contributed by atoms with E-state index in [1.165, 1.54) is 12.1 Å². The zero-order chi connectivity index (χ0) is 16.7. The minimum atomic E-state index is -4.35. The first-order valence-electron chi connectivity index (χ1n) is 7.02. The number of halogens is 3. The van der Waals surface area contributed by atoms with Gasteiger partial charge in [0.1, 0.15) is 0 Å². The summed E-state index contributed by atoms with van der Waals surface area (Å²) in [6, 6.07) is 11.9. The van der Waals surface area contributed by atoms with Crippen molar-refractivity contribution in [3.8, 4) is 11.1 Å². The number of rotatable bonds is 2. The largest absolute Gasteiger partial charge is 0.416 e. The van der Waals surface area contributed by atoms with E-state index in [2.05, 4.69) is 4.72 Å². The number of hydrogen-bond acceptors (Lipinski definition) is 2. The molecule has 7 heteroatoms. The summed E-state index contributed by atoms with van der Waals surface area (Å²) >= 11 is 0. The molecule has 0 amide bonds. The Bertz CT molecular complexity index is 797. The van der Waals surface area contributed by atoms with Crippen molar-refractivity contribution in [2.45, 2.75) is 18.6 Å². The molecule has 2 aromatic carbocycles. The van der Waals surface area contributed by atoms with E-state index >= 15 is 0 Å². The molecule has 3 rings (SSSR count). The van der Waals surface area contributed by atoms with E-state index in [1.54, 1.807) is 24.3 Å². The molecular formula is C16H14F3NO2S. The molecule has 1 fully saturated rings. The smallest absolute Gasteiger partial charge is 0.212 e. The molecule has 1 unspecified atom stereocenters. The van der Waals surface area contributed by atoms with Gasteiger partial charge in [-0.1, -0.05) is 36.4 Å². The maximum atomic E-state index is 12.6. The lowest BCUT2D eigenvalue weighted by Crippen LogP contribution is -2.19. The Labute approximate surface area is 132 Å². The Hall–Kier alpha value is -1.86. The minimum absolute atomic E-state index is 0.109. The Morgan fingerprint density at radius 2 is 1.43 bits per heavy atom. The van der Waals surface area contributed by atoms with Crippen LogP contribution in [0.5, 0.6) is 0 Å². The lowest BCUT2D eigenvalue weighted by atomic mass is 9.99. The molecule has 3 nitrogen and oxygen atoms in total. The van der Waals surface area contributed by atoms with Crippen molar-refractivity contribution < 1.29 is 21.6 Å². The maximum Gasteiger partial charge on any atom is 0.416 e. The minimum Gasteiger partial charge on any atom is -0.212 e. The first-order valence-corrected chi connectivity index (χ1v) is 8.67. The average Bonchev–Trinajstić information content (AvgIpc) is 2.87. The van der Waals surface area contributed by atoms with Crippen molar-refractivity contribution >= 4 is 10.0 Å². The molecule has 0 radical (unpaired) electrons. The average molecular weight is 341 g/mol. The first kappa shape index (κ1) is 16.0. The van der Waals surface area contributed by atoms with Gasteiger partial charge in [-0.15, -0.1) is 0 Å². The SMILES string of the molecule is O=S1(=O)CCC(c2ccc(-c3ccc(C(F)(F)F)cc3)cc2)N1. The first-order chi connectivity index (χ1) is 10.7. The molecule has 0 saturated carbocycles. The Morgan fingerprint density at radius 1 is 0.913 bits per heavy atom. The number of alkyl halides is 3. The van der Waals surface area contributed by atoms with E-state index in [-0.39, 0.29) is 11.8 Å². The summed E-state index contributed by atoms with van der Waals surface area (Å²) in [5.74, 6) is 0.109. The molecule has 1 N–H and O–H groups in total. The zero-order valence-corrected chi connectivity index (χ0v) is 12.8. The third kappa shape index (κ3) is 3.56. The second-order valence-electron chi connectivity index (χ2n) is 5.48. The van der Waals surface area contributed by atoms with Crippen LogP contribution in [0, 0.1) is 0 Å². The Kier molecular flexibility index (Phi) is 3.93. The van der Waals surface area contributed by atoms with Gasteiger partial charge in [-0.2, -0.15) is 13.2 Å². The van der Waals surface area contributed by atoms with Crippen molar-refractivity contribution in [1.29, 1.82) is 0 Å². The molecule has 0 spiro atoms. The Balaban J connectivity index is 1.80. The molecular weight excluding hydrogens is 327 g/mol. The molecule has 1 saturated heterocycles. The standard InChI is InChI=1S/C16H14F3NO2S/c17-16(18,19)14-7-5-12(6-8-14)11-1-3-13(4-2-11)15-9-10-23(21,22)20-15/h1-8,15,20H,9-10H2. The van der Waals surface area contributed by atoms with Gasteiger partial charge in [0.2, 0.25) is 10.0 Å². The number of hydrogen-bond donors (Lipinski definition) is 1. The molecule has 1 aliphatic heterocycles. The van der Waals surface area contributed by atoms with Crippen molar-refractivity contribution in [2.24, 2.45) is 0 Å². The molecule has 0 aliphatic carbocycles. The third-order valence-electron chi connectivity index (χ3n) is 3.86. The topological polar surface area (TPSA) is 46.2 Å². The van der Waals surface area contributed by atoms with E-state index in [0.717, 1.165) is 23.3 Å². The van der Waals surface area contributed by atoms with Gasteiger partial charge in [-0.3, -0.25) is 0 Å². The van der Waals surface area contributed by atoms with Gasteiger partial charge in [0.25, 0.3) is 0 Å². The van der Waals surface area contributed by atoms with Crippen LogP contribution in [0.1, 0.15) is 23.6 Å². The lowest BCUT2D eigenvalue weighted by molar-refractivity contribution is -0.137. The fourth-order valence-corrected chi connectivity index (χ4v) is 3.95. The highest BCUT2D eigenvalue weighted by Gasteiger charge is 2.30. The van der Waals surface area contributed by atoms with E-state index in [4.69, 9.17) is 0 Å². The van der Waals surface area contributed by atoms with Gasteiger partial charge in [0, 0.05) is 6.04 Å². The monoisotopic (exact) mass is 341 g/mol. The molecule has 0 aromatic heterocycles. The van der Waals surface area contributed by atoms with Crippen LogP contribution in [0.3, 0.4) is 0 Å². The van der Waals surface area contributed by atoms with Gasteiger partial charge in [-0.05, 0) is 35.2 Å². The van der Waals surface area contributed by atoms with Gasteiger partial charge in [-0.25, -0.2) is 13.1 Å². The van der Waals surface area contributed by atoms with E-state index in [9.17, 15) is 21.6 Å². The van der Waals surface area contributed by atoms with Crippen molar-refractivity contribution in [1.82, 2.24) is 4.72 Å². The molecule has 1 atom stereocenters. The summed E-state index contributed by atoms with van der Waals surface area (Å²) < 4.78 is 63.1. The van der Waals surface area contributed by atoms with Crippen LogP contribution in [-0.2, 0) is 16.2 Å². The van der Waals surface area contributed by atoms with Gasteiger partial charge in [0.15, 0.2) is 0 Å². The van der Waals surface area contributed by atoms with E-state index < -0.39 is 21.8 Å². The second kappa shape index (κ2) is 5.65. The fourth-order valence-electron chi connectivity index (χ4n) is 2.60. The number of sulfonamides is 1. The highest BCUT2D eigenvalue weighted by atomic mass is 32.2. The van der Waals surface area contributed by atoms with E-state index in [1.807, 2.05) is 0 Å². The summed E-state index contributed by atoms with van der Waals surface area (Å²) in [5, 5.41) is 0. The Morgan fingerprint density at radius 3 is 1.87 bits per heavy atom. The summed E-state index contributed by atoms with van der Waals surface area (Å²) in [6.07, 6.45) is -3.83. The lowest BCUT2D eigenvalue weighted by Gasteiger charge is -2.11. The highest BCUT2D eigenvalue weighted by molar-refractivity contribution is 7.89. The van der Waals surface area contributed by atoms with Crippen molar-refractivity contribution in [3.05, 3.63) is 59.7 Å². The number of benzene rings is 2. The van der Waals surface area contributed by atoms with Crippen LogP contribution >= 0.6 is 0 Å². The summed E-state index contributed by atoms with van der Waals surface area (Å²) in [5.41, 5.74) is 1.62. The van der Waals surface area contributed by atoms with Crippen LogP contribution in [0.25, 0.3) is 11.1 Å². The quantitative estimate of drug-likeness (QED) is 0.904. The third-order valence-corrected chi connectivity index (χ3v) is 5.27. The zero-order valence-electron chi connectivity index (χ0n) is 12.0. The molecule has 0 bridgehead atoms. The molecule has 1 heterocycles. The normalized spacial score (nSPS) is 20.6. The fraction of sp³-hybridized carbons (Fsp3) is 0.250. The summed E-state index contributed by atoms with van der Waals surface area (Å²) in [7, 11) is -3.18. The van der Waals surface area contributed by atoms with Crippen LogP contribution in [0.15, 0.2) is 48.5 Å². The second-order valence-corrected chi connectivity index (χ2v) is 7.35. The van der Waals surface area contributed by atoms with Crippen LogP contribution in [0.2, 0.25) is 0 Å². The molecule has 122 valence electrons. The van der Waals surface area contributed by atoms with E-state index in [0.29, 0.717) is 12.0 Å². The summed E-state index contributed by atoms with van der Waals surface area (Å²) in [6.45, 7) is 0. The molecule has 1 aliphatic rings. The van der Waals surface area contributed by atoms with Crippen LogP contribution in [0.4, 0.5) is 13.2 Å². The van der Waals surface area contributed by atoms with Crippen molar-refractivity contribution in [2.75, 3.05) is 5.75 Å². The van der Waals surface area contributed by atoms with Gasteiger partial charge < -0.3 is 0 Å². The predicted octanol–water partition coefficient (Wildman–Crippen LogP) is 3.74. The van der Waals surface area contributed by atoms with Gasteiger partial charge in [0.05, 0.1) is 11.3 Å². The molecule has 2 aromatic rings. The maximum absolute atomic E-state index is 12.6. The van der Waals surface area contributed by atoms with Crippen LogP contribution in [-0.4, -0.2) is 14.2 Å². The van der Waals surface area contributed by atoms with Crippen LogP contribution < -0.4 is 4.72 Å².